The largest absolute Gasteiger partial charge is 0.369 e. The van der Waals surface area contributed by atoms with Gasteiger partial charge in [-0.05, 0) is 56.5 Å². The molecule has 6 heteroatoms. The molecule has 0 spiro atoms. The van der Waals surface area contributed by atoms with Crippen molar-refractivity contribution in [1.29, 1.82) is 0 Å². The predicted octanol–water partition coefficient (Wildman–Crippen LogP) is 3.55. The van der Waals surface area contributed by atoms with Gasteiger partial charge in [0.1, 0.15) is 0 Å². The number of para-hydroxylation sites is 1. The number of anilines is 1. The van der Waals surface area contributed by atoms with Crippen molar-refractivity contribution in [2.75, 3.05) is 24.5 Å². The molecule has 6 nitrogen and oxygen atoms in total. The van der Waals surface area contributed by atoms with Crippen LogP contribution in [0.3, 0.4) is 0 Å². The number of hydrogen-bond donors (Lipinski definition) is 3. The average molecular weight is 422 g/mol. The van der Waals surface area contributed by atoms with Gasteiger partial charge < -0.3 is 20.9 Å². The molecule has 3 rings (SSSR count). The number of carbonyl (C=O) groups excluding carboxylic acids is 1. The number of carbonyl (C=O) groups is 1. The van der Waals surface area contributed by atoms with Crippen LogP contribution in [0.5, 0.6) is 0 Å². The Morgan fingerprint density at radius 3 is 2.71 bits per heavy atom. The normalized spacial score (nSPS) is 17.3. The summed E-state index contributed by atoms with van der Waals surface area (Å²) >= 11 is 0. The molecule has 0 bridgehead atoms. The molecule has 2 atom stereocenters. The summed E-state index contributed by atoms with van der Waals surface area (Å²) in [6.45, 7) is 9.47. The fourth-order valence-corrected chi connectivity index (χ4v) is 3.66. The van der Waals surface area contributed by atoms with E-state index in [9.17, 15) is 4.79 Å². The molecule has 1 aliphatic heterocycles. The first kappa shape index (κ1) is 22.7. The lowest BCUT2D eigenvalue weighted by atomic mass is 10.1. The van der Waals surface area contributed by atoms with Gasteiger partial charge in [0, 0.05) is 43.0 Å². The Morgan fingerprint density at radius 1 is 1.16 bits per heavy atom. The molecule has 166 valence electrons. The Kier molecular flexibility index (Phi) is 8.33. The number of hydrogen-bond acceptors (Lipinski definition) is 3. The van der Waals surface area contributed by atoms with Crippen molar-refractivity contribution in [3.8, 4) is 0 Å². The number of amides is 1. The summed E-state index contributed by atoms with van der Waals surface area (Å²) in [7, 11) is 0. The minimum atomic E-state index is -0.0304. The molecule has 1 aliphatic rings. The average Bonchev–Trinajstić information content (AvgIpc) is 3.27. The number of rotatable bonds is 8. The first-order valence-corrected chi connectivity index (χ1v) is 11.3. The molecule has 0 radical (unpaired) electrons. The molecule has 1 saturated heterocycles. The topological polar surface area (TPSA) is 68.8 Å². The fraction of sp³-hybridized carbons (Fsp3) is 0.440. The van der Waals surface area contributed by atoms with Crippen LogP contribution in [-0.4, -0.2) is 43.6 Å². The van der Waals surface area contributed by atoms with Crippen LogP contribution >= 0.6 is 0 Å². The van der Waals surface area contributed by atoms with Crippen molar-refractivity contribution in [3.63, 3.8) is 0 Å². The zero-order valence-corrected chi connectivity index (χ0v) is 18.9. The molecule has 1 amide bonds. The van der Waals surface area contributed by atoms with Gasteiger partial charge in [-0.15, -0.1) is 0 Å². The Hall–Kier alpha value is -3.02. The van der Waals surface area contributed by atoms with E-state index >= 15 is 0 Å². The molecule has 2 unspecified atom stereocenters. The summed E-state index contributed by atoms with van der Waals surface area (Å²) in [5.41, 5.74) is 2.97. The first-order valence-electron chi connectivity index (χ1n) is 11.3. The summed E-state index contributed by atoms with van der Waals surface area (Å²) in [4.78, 5) is 19.6. The summed E-state index contributed by atoms with van der Waals surface area (Å²) in [6.07, 6.45) is 1.99. The van der Waals surface area contributed by atoms with Crippen LogP contribution < -0.4 is 20.9 Å². The molecule has 0 aliphatic carbocycles. The number of guanidine groups is 1. The lowest BCUT2D eigenvalue weighted by Gasteiger charge is -2.20. The van der Waals surface area contributed by atoms with E-state index < -0.39 is 0 Å². The maximum absolute atomic E-state index is 12.4. The Labute approximate surface area is 186 Å². The smallest absolute Gasteiger partial charge is 0.251 e. The second kappa shape index (κ2) is 11.4. The van der Waals surface area contributed by atoms with E-state index in [0.717, 1.165) is 44.0 Å². The van der Waals surface area contributed by atoms with Gasteiger partial charge in [-0.1, -0.05) is 37.3 Å². The van der Waals surface area contributed by atoms with Crippen molar-refractivity contribution in [2.45, 2.75) is 52.2 Å². The van der Waals surface area contributed by atoms with Crippen molar-refractivity contribution in [1.82, 2.24) is 16.0 Å². The molecule has 2 aromatic carbocycles. The Bertz CT molecular complexity index is 867. The van der Waals surface area contributed by atoms with Gasteiger partial charge in [0.05, 0.1) is 6.54 Å². The molecule has 0 saturated carbocycles. The number of aliphatic imine (C=N–C) groups is 1. The predicted molar refractivity (Wildman–Crippen MR) is 129 cm³/mol. The highest BCUT2D eigenvalue weighted by Gasteiger charge is 2.23. The van der Waals surface area contributed by atoms with Crippen LogP contribution in [0.15, 0.2) is 59.6 Å². The quantitative estimate of drug-likeness (QED) is 0.450. The molecule has 1 heterocycles. The second-order valence-corrected chi connectivity index (χ2v) is 8.09. The molecule has 1 fully saturated rings. The lowest BCUT2D eigenvalue weighted by molar-refractivity contribution is 0.0939. The van der Waals surface area contributed by atoms with E-state index in [1.54, 1.807) is 0 Å². The van der Waals surface area contributed by atoms with E-state index in [4.69, 9.17) is 4.99 Å². The van der Waals surface area contributed by atoms with Crippen LogP contribution in [-0.2, 0) is 6.54 Å². The third-order valence-electron chi connectivity index (χ3n) is 5.59. The van der Waals surface area contributed by atoms with Crippen molar-refractivity contribution in [2.24, 2.45) is 4.99 Å². The minimum Gasteiger partial charge on any atom is -0.369 e. The van der Waals surface area contributed by atoms with Crippen molar-refractivity contribution < 1.29 is 4.79 Å². The molecule has 2 aromatic rings. The summed E-state index contributed by atoms with van der Waals surface area (Å²) < 4.78 is 0. The van der Waals surface area contributed by atoms with Crippen LogP contribution in [0.1, 0.15) is 49.5 Å². The van der Waals surface area contributed by atoms with Crippen molar-refractivity contribution in [3.05, 3.63) is 65.7 Å². The Morgan fingerprint density at radius 2 is 1.97 bits per heavy atom. The molecular weight excluding hydrogens is 386 g/mol. The summed E-state index contributed by atoms with van der Waals surface area (Å²) in [5, 5.41) is 9.94. The van der Waals surface area contributed by atoms with Crippen LogP contribution in [0.25, 0.3) is 0 Å². The zero-order valence-electron chi connectivity index (χ0n) is 18.9. The van der Waals surface area contributed by atoms with Crippen molar-refractivity contribution >= 4 is 17.6 Å². The first-order chi connectivity index (χ1) is 15.1. The highest BCUT2D eigenvalue weighted by molar-refractivity contribution is 5.94. The second-order valence-electron chi connectivity index (χ2n) is 8.09. The van der Waals surface area contributed by atoms with Gasteiger partial charge >= 0.3 is 0 Å². The van der Waals surface area contributed by atoms with Gasteiger partial charge in [0.15, 0.2) is 5.96 Å². The summed E-state index contributed by atoms with van der Waals surface area (Å²) in [6, 6.07) is 18.8. The molecular formula is C25H35N5O. The highest BCUT2D eigenvalue weighted by Crippen LogP contribution is 2.19. The fourth-order valence-electron chi connectivity index (χ4n) is 3.66. The van der Waals surface area contributed by atoms with Gasteiger partial charge in [0.2, 0.25) is 0 Å². The SMILES string of the molecule is CCNC(=NCc1cccc(C(=O)NC(C)CC)c1)NC1CCN(c2ccccc2)C1. The maximum Gasteiger partial charge on any atom is 0.251 e. The van der Waals surface area contributed by atoms with E-state index in [0.29, 0.717) is 18.2 Å². The number of nitrogens with one attached hydrogen (secondary N) is 3. The van der Waals surface area contributed by atoms with Gasteiger partial charge in [-0.2, -0.15) is 0 Å². The molecule has 3 N–H and O–H groups in total. The van der Waals surface area contributed by atoms with Gasteiger partial charge in [-0.25, -0.2) is 4.99 Å². The zero-order chi connectivity index (χ0) is 22.1. The number of nitrogens with zero attached hydrogens (tertiary/aromatic N) is 2. The number of benzene rings is 2. The minimum absolute atomic E-state index is 0.0304. The third-order valence-corrected chi connectivity index (χ3v) is 5.59. The van der Waals surface area contributed by atoms with Gasteiger partial charge in [0.25, 0.3) is 5.91 Å². The maximum atomic E-state index is 12.4. The van der Waals surface area contributed by atoms with E-state index in [2.05, 4.69) is 59.0 Å². The van der Waals surface area contributed by atoms with E-state index in [1.165, 1.54) is 5.69 Å². The van der Waals surface area contributed by atoms with Gasteiger partial charge in [-0.3, -0.25) is 4.79 Å². The summed E-state index contributed by atoms with van der Waals surface area (Å²) in [5.74, 6) is 0.786. The monoisotopic (exact) mass is 421 g/mol. The van der Waals surface area contributed by atoms with E-state index in [1.807, 2.05) is 37.3 Å². The van der Waals surface area contributed by atoms with Crippen LogP contribution in [0, 0.1) is 0 Å². The molecule has 31 heavy (non-hydrogen) atoms. The Balaban J connectivity index is 1.60. The molecule has 0 aromatic heterocycles. The van der Waals surface area contributed by atoms with E-state index in [-0.39, 0.29) is 11.9 Å². The lowest BCUT2D eigenvalue weighted by Crippen LogP contribution is -2.44. The third kappa shape index (κ3) is 6.74. The van der Waals surface area contributed by atoms with Crippen LogP contribution in [0.2, 0.25) is 0 Å². The van der Waals surface area contributed by atoms with Crippen LogP contribution in [0.4, 0.5) is 5.69 Å². The standard InChI is InChI=1S/C25H35N5O/c1-4-19(3)28-24(31)21-11-9-10-20(16-21)17-27-25(26-5-2)29-22-14-15-30(18-22)23-12-7-6-8-13-23/h6-13,16,19,22H,4-5,14-15,17-18H2,1-3H3,(H,28,31)(H2,26,27,29). The highest BCUT2D eigenvalue weighted by atomic mass is 16.1.